The summed E-state index contributed by atoms with van der Waals surface area (Å²) in [5, 5.41) is 7.33. The monoisotopic (exact) mass is 506 g/mol. The Balaban J connectivity index is 1.19. The smallest absolute Gasteiger partial charge is 0.231 e. The standard InChI is InChI=1S/C27H30N4O4S/c1-33-22-7-5-19(6-8-22)21-14-29-27(30-15-21)36-16-26(32)31-23(20-3-2-10-28-13-20)11-18-4-9-24-25(12-18)35-17-34-24/h4-9,12,14-15,20,23,28H,2-3,10-11,13,16-17H2,1H3,(H,31,32). The molecule has 2 aliphatic rings. The minimum atomic E-state index is -0.0147. The van der Waals surface area contributed by atoms with Gasteiger partial charge in [-0.05, 0) is 73.7 Å². The van der Waals surface area contributed by atoms with E-state index in [2.05, 4.69) is 26.7 Å². The Hall–Kier alpha value is -3.30. The van der Waals surface area contributed by atoms with Crippen molar-refractivity contribution in [1.82, 2.24) is 20.6 Å². The Morgan fingerprint density at radius 3 is 2.69 bits per heavy atom. The fourth-order valence-corrected chi connectivity index (χ4v) is 5.18. The van der Waals surface area contributed by atoms with Crippen LogP contribution >= 0.6 is 11.8 Å². The van der Waals surface area contributed by atoms with Crippen molar-refractivity contribution in [2.24, 2.45) is 5.92 Å². The number of carbonyl (C=O) groups is 1. The normalized spacial score (nSPS) is 17.4. The van der Waals surface area contributed by atoms with E-state index in [1.54, 1.807) is 19.5 Å². The Morgan fingerprint density at radius 2 is 1.94 bits per heavy atom. The number of benzene rings is 2. The van der Waals surface area contributed by atoms with Gasteiger partial charge < -0.3 is 24.8 Å². The summed E-state index contributed by atoms with van der Waals surface area (Å²) in [6, 6.07) is 13.8. The molecular formula is C27H30N4O4S. The molecule has 2 N–H and O–H groups in total. The summed E-state index contributed by atoms with van der Waals surface area (Å²) in [5.74, 6) is 2.97. The van der Waals surface area contributed by atoms with E-state index in [1.807, 2.05) is 36.4 Å². The second-order valence-corrected chi connectivity index (χ2v) is 9.89. The molecule has 2 unspecified atom stereocenters. The first-order valence-corrected chi connectivity index (χ1v) is 13.1. The summed E-state index contributed by atoms with van der Waals surface area (Å²) < 4.78 is 16.2. The number of carbonyl (C=O) groups excluding carboxylic acids is 1. The Bertz CT molecular complexity index is 1170. The molecule has 2 atom stereocenters. The molecule has 188 valence electrons. The lowest BCUT2D eigenvalue weighted by Crippen LogP contribution is -2.48. The quantitative estimate of drug-likeness (QED) is 0.335. The Morgan fingerprint density at radius 1 is 1.14 bits per heavy atom. The number of piperidine rings is 1. The van der Waals surface area contributed by atoms with E-state index in [0.717, 1.165) is 66.3 Å². The van der Waals surface area contributed by atoms with Crippen molar-refractivity contribution in [3.8, 4) is 28.4 Å². The van der Waals surface area contributed by atoms with Crippen LogP contribution in [0.4, 0.5) is 0 Å². The average molecular weight is 507 g/mol. The van der Waals surface area contributed by atoms with Crippen LogP contribution in [0.5, 0.6) is 17.2 Å². The number of hydrogen-bond donors (Lipinski definition) is 2. The number of rotatable bonds is 9. The van der Waals surface area contributed by atoms with E-state index in [4.69, 9.17) is 14.2 Å². The van der Waals surface area contributed by atoms with Crippen LogP contribution in [-0.2, 0) is 11.2 Å². The lowest BCUT2D eigenvalue weighted by atomic mass is 9.87. The van der Waals surface area contributed by atoms with Crippen molar-refractivity contribution < 1.29 is 19.0 Å². The number of methoxy groups -OCH3 is 1. The molecule has 0 aliphatic carbocycles. The van der Waals surface area contributed by atoms with Crippen molar-refractivity contribution in [2.45, 2.75) is 30.5 Å². The van der Waals surface area contributed by atoms with E-state index < -0.39 is 0 Å². The van der Waals surface area contributed by atoms with E-state index in [1.165, 1.54) is 11.8 Å². The third-order valence-corrected chi connectivity index (χ3v) is 7.40. The molecule has 2 aliphatic heterocycles. The maximum atomic E-state index is 12.9. The highest BCUT2D eigenvalue weighted by Gasteiger charge is 2.26. The fraction of sp³-hybridized carbons (Fsp3) is 0.370. The van der Waals surface area contributed by atoms with Gasteiger partial charge >= 0.3 is 0 Å². The number of nitrogens with zero attached hydrogens (tertiary/aromatic N) is 2. The van der Waals surface area contributed by atoms with Crippen LogP contribution in [0.1, 0.15) is 18.4 Å². The molecule has 1 fully saturated rings. The van der Waals surface area contributed by atoms with Gasteiger partial charge in [0.15, 0.2) is 16.7 Å². The molecule has 3 heterocycles. The molecule has 1 aromatic heterocycles. The second kappa shape index (κ2) is 11.6. The number of nitrogens with one attached hydrogen (secondary N) is 2. The summed E-state index contributed by atoms with van der Waals surface area (Å²) in [5.41, 5.74) is 3.05. The third-order valence-electron chi connectivity index (χ3n) is 6.53. The third kappa shape index (κ3) is 6.09. The zero-order valence-corrected chi connectivity index (χ0v) is 21.1. The average Bonchev–Trinajstić information content (AvgIpc) is 3.40. The van der Waals surface area contributed by atoms with Gasteiger partial charge in [-0.1, -0.05) is 30.0 Å². The van der Waals surface area contributed by atoms with Gasteiger partial charge in [0.05, 0.1) is 12.9 Å². The number of fused-ring (bicyclic) bond motifs is 1. The van der Waals surface area contributed by atoms with Crippen LogP contribution in [0, 0.1) is 5.92 Å². The van der Waals surface area contributed by atoms with Crippen LogP contribution in [0.15, 0.2) is 60.0 Å². The van der Waals surface area contributed by atoms with E-state index in [9.17, 15) is 4.79 Å². The first-order valence-electron chi connectivity index (χ1n) is 12.2. The Kier molecular flexibility index (Phi) is 7.88. The maximum absolute atomic E-state index is 12.9. The minimum absolute atomic E-state index is 0.0147. The van der Waals surface area contributed by atoms with Crippen LogP contribution in [0.3, 0.4) is 0 Å². The second-order valence-electron chi connectivity index (χ2n) is 8.94. The highest BCUT2D eigenvalue weighted by atomic mass is 32.2. The number of ether oxygens (including phenoxy) is 3. The zero-order chi connectivity index (χ0) is 24.7. The molecule has 8 nitrogen and oxygen atoms in total. The van der Waals surface area contributed by atoms with Crippen molar-refractivity contribution in [3.05, 3.63) is 60.4 Å². The molecule has 0 bridgehead atoms. The predicted octanol–water partition coefficient (Wildman–Crippen LogP) is 3.70. The van der Waals surface area contributed by atoms with E-state index >= 15 is 0 Å². The van der Waals surface area contributed by atoms with Gasteiger partial charge in [0.25, 0.3) is 0 Å². The lowest BCUT2D eigenvalue weighted by molar-refractivity contribution is -0.119. The van der Waals surface area contributed by atoms with Crippen LogP contribution < -0.4 is 24.8 Å². The van der Waals surface area contributed by atoms with Crippen LogP contribution in [-0.4, -0.2) is 54.7 Å². The highest BCUT2D eigenvalue weighted by molar-refractivity contribution is 7.99. The molecule has 0 saturated carbocycles. The van der Waals surface area contributed by atoms with Crippen molar-refractivity contribution in [3.63, 3.8) is 0 Å². The molecular weight excluding hydrogens is 476 g/mol. The van der Waals surface area contributed by atoms with Crippen LogP contribution in [0.2, 0.25) is 0 Å². The topological polar surface area (TPSA) is 94.6 Å². The summed E-state index contributed by atoms with van der Waals surface area (Å²) in [6.07, 6.45) is 6.51. The zero-order valence-electron chi connectivity index (χ0n) is 20.2. The summed E-state index contributed by atoms with van der Waals surface area (Å²) in [7, 11) is 1.64. The van der Waals surface area contributed by atoms with Crippen molar-refractivity contribution in [1.29, 1.82) is 0 Å². The van der Waals surface area contributed by atoms with Gasteiger partial charge in [-0.15, -0.1) is 0 Å². The minimum Gasteiger partial charge on any atom is -0.497 e. The first kappa shape index (κ1) is 24.4. The molecule has 2 aromatic carbocycles. The van der Waals surface area contributed by atoms with E-state index in [-0.39, 0.29) is 24.5 Å². The van der Waals surface area contributed by atoms with Gasteiger partial charge in [-0.2, -0.15) is 0 Å². The number of thioether (sulfide) groups is 1. The van der Waals surface area contributed by atoms with Crippen LogP contribution in [0.25, 0.3) is 11.1 Å². The molecule has 5 rings (SSSR count). The van der Waals surface area contributed by atoms with Crippen molar-refractivity contribution in [2.75, 3.05) is 32.7 Å². The molecule has 36 heavy (non-hydrogen) atoms. The number of amides is 1. The summed E-state index contributed by atoms with van der Waals surface area (Å²) in [6.45, 7) is 2.19. The Labute approximate surface area is 215 Å². The first-order chi connectivity index (χ1) is 17.7. The van der Waals surface area contributed by atoms with Gasteiger partial charge in [-0.25, -0.2) is 9.97 Å². The van der Waals surface area contributed by atoms with E-state index in [0.29, 0.717) is 11.1 Å². The molecule has 0 radical (unpaired) electrons. The number of aromatic nitrogens is 2. The maximum Gasteiger partial charge on any atom is 0.231 e. The summed E-state index contributed by atoms with van der Waals surface area (Å²) >= 11 is 1.34. The molecule has 1 amide bonds. The molecule has 3 aromatic rings. The van der Waals surface area contributed by atoms with Crippen molar-refractivity contribution >= 4 is 17.7 Å². The SMILES string of the molecule is COc1ccc(-c2cnc(SCC(=O)NC(Cc3ccc4c(c3)OCO4)C3CCCNC3)nc2)cc1. The summed E-state index contributed by atoms with van der Waals surface area (Å²) in [4.78, 5) is 21.8. The van der Waals surface area contributed by atoms with Gasteiger partial charge in [-0.3, -0.25) is 4.79 Å². The molecule has 0 spiro atoms. The van der Waals surface area contributed by atoms with Gasteiger partial charge in [0.1, 0.15) is 5.75 Å². The fourth-order valence-electron chi connectivity index (χ4n) is 4.58. The van der Waals surface area contributed by atoms with Gasteiger partial charge in [0, 0.05) is 24.0 Å². The lowest BCUT2D eigenvalue weighted by Gasteiger charge is -2.31. The molecule has 9 heteroatoms. The highest BCUT2D eigenvalue weighted by Crippen LogP contribution is 2.33. The molecule has 1 saturated heterocycles. The number of hydrogen-bond acceptors (Lipinski definition) is 8. The van der Waals surface area contributed by atoms with Gasteiger partial charge in [0.2, 0.25) is 12.7 Å². The largest absolute Gasteiger partial charge is 0.497 e. The predicted molar refractivity (Wildman–Crippen MR) is 139 cm³/mol.